The van der Waals surface area contributed by atoms with E-state index in [1.165, 1.54) is 77.1 Å². The SMILES string of the molecule is c1ccc(-c2cccc(N(c3ccc(-c4ccccc4-c4ccccc4)cc3)c3cccc(-c4c5ccccc5cc5c4c4ccccc4n5-c4ccccc4)c3)c2)cc1. The van der Waals surface area contributed by atoms with Crippen LogP contribution in [0.15, 0.2) is 243 Å². The van der Waals surface area contributed by atoms with Crippen molar-refractivity contribution in [2.24, 2.45) is 0 Å². The Morgan fingerprint density at radius 3 is 1.52 bits per heavy atom. The highest BCUT2D eigenvalue weighted by Crippen LogP contribution is 2.45. The molecule has 11 rings (SSSR count). The normalized spacial score (nSPS) is 11.3. The Balaban J connectivity index is 1.11. The molecule has 2 heteroatoms. The van der Waals surface area contributed by atoms with Crippen LogP contribution in [0.5, 0.6) is 0 Å². The van der Waals surface area contributed by atoms with Gasteiger partial charge in [-0.2, -0.15) is 0 Å². The monoisotopic (exact) mass is 764 g/mol. The average Bonchev–Trinajstić information content (AvgIpc) is 3.66. The highest BCUT2D eigenvalue weighted by atomic mass is 15.1. The van der Waals surface area contributed by atoms with Crippen LogP contribution in [0.3, 0.4) is 0 Å². The number of aromatic nitrogens is 1. The molecule has 1 heterocycles. The summed E-state index contributed by atoms with van der Waals surface area (Å²) in [5, 5.41) is 4.94. The summed E-state index contributed by atoms with van der Waals surface area (Å²) in [6.07, 6.45) is 0. The van der Waals surface area contributed by atoms with Crippen LogP contribution in [0, 0.1) is 0 Å². The summed E-state index contributed by atoms with van der Waals surface area (Å²) in [6, 6.07) is 87.8. The van der Waals surface area contributed by atoms with Gasteiger partial charge in [-0.1, -0.05) is 182 Å². The lowest BCUT2D eigenvalue weighted by Gasteiger charge is -2.27. The first-order valence-corrected chi connectivity index (χ1v) is 20.6. The van der Waals surface area contributed by atoms with Crippen LogP contribution in [0.4, 0.5) is 17.1 Å². The van der Waals surface area contributed by atoms with Crippen molar-refractivity contribution in [2.75, 3.05) is 4.90 Å². The molecule has 0 fully saturated rings. The first kappa shape index (κ1) is 35.2. The van der Waals surface area contributed by atoms with Gasteiger partial charge < -0.3 is 9.47 Å². The molecule has 0 aliphatic carbocycles. The minimum Gasteiger partial charge on any atom is -0.310 e. The maximum Gasteiger partial charge on any atom is 0.0553 e. The number of anilines is 3. The van der Waals surface area contributed by atoms with E-state index in [1.807, 2.05) is 0 Å². The van der Waals surface area contributed by atoms with Crippen molar-refractivity contribution >= 4 is 49.6 Å². The van der Waals surface area contributed by atoms with Gasteiger partial charge in [-0.25, -0.2) is 0 Å². The Kier molecular flexibility index (Phi) is 8.87. The molecular weight excluding hydrogens is 725 g/mol. The zero-order chi connectivity index (χ0) is 39.8. The molecular formula is C58H40N2. The maximum absolute atomic E-state index is 2.42. The van der Waals surface area contributed by atoms with E-state index in [2.05, 4.69) is 252 Å². The largest absolute Gasteiger partial charge is 0.310 e. The summed E-state index contributed by atoms with van der Waals surface area (Å²) in [5.41, 5.74) is 16.4. The molecule has 0 atom stereocenters. The summed E-state index contributed by atoms with van der Waals surface area (Å²) >= 11 is 0. The maximum atomic E-state index is 2.42. The molecule has 0 spiro atoms. The molecule has 0 unspecified atom stereocenters. The topological polar surface area (TPSA) is 8.17 Å². The highest BCUT2D eigenvalue weighted by molar-refractivity contribution is 6.23. The third kappa shape index (κ3) is 6.23. The standard InChI is InChI=1S/C58H40N2/c1-4-18-41(19-5-1)44-23-16-27-49(38-44)59(48-36-34-43(35-37-48)52-30-13-12-29-51(52)42-20-6-2-7-21-42)50-28-17-24-46(39-50)57-53-31-11-10-22-45(53)40-56-58(57)54-32-14-15-33-55(54)60(56)47-25-8-3-9-26-47/h1-40H. The van der Waals surface area contributed by atoms with Gasteiger partial charge in [0.25, 0.3) is 0 Å². The molecule has 0 radical (unpaired) electrons. The number of nitrogens with zero attached hydrogens (tertiary/aromatic N) is 2. The smallest absolute Gasteiger partial charge is 0.0553 e. The van der Waals surface area contributed by atoms with Crippen molar-refractivity contribution in [1.29, 1.82) is 0 Å². The predicted octanol–water partition coefficient (Wildman–Crippen LogP) is 16.1. The zero-order valence-corrected chi connectivity index (χ0v) is 33.0. The fourth-order valence-corrected chi connectivity index (χ4v) is 9.04. The van der Waals surface area contributed by atoms with E-state index in [0.29, 0.717) is 0 Å². The van der Waals surface area contributed by atoms with Crippen LogP contribution in [0.25, 0.3) is 82.8 Å². The number of fused-ring (bicyclic) bond motifs is 4. The number of hydrogen-bond donors (Lipinski definition) is 0. The molecule has 0 saturated carbocycles. The molecule has 0 bridgehead atoms. The molecule has 0 N–H and O–H groups in total. The van der Waals surface area contributed by atoms with E-state index in [0.717, 1.165) is 22.7 Å². The number of rotatable bonds is 8. The van der Waals surface area contributed by atoms with Crippen LogP contribution >= 0.6 is 0 Å². The lowest BCUT2D eigenvalue weighted by Crippen LogP contribution is -2.10. The van der Waals surface area contributed by atoms with E-state index < -0.39 is 0 Å². The van der Waals surface area contributed by atoms with Gasteiger partial charge in [0.05, 0.1) is 11.0 Å². The first-order valence-electron chi connectivity index (χ1n) is 20.6. The summed E-state index contributed by atoms with van der Waals surface area (Å²) < 4.78 is 2.42. The van der Waals surface area contributed by atoms with Gasteiger partial charge in [0.1, 0.15) is 0 Å². The lowest BCUT2D eigenvalue weighted by atomic mass is 9.92. The van der Waals surface area contributed by atoms with Crippen LogP contribution < -0.4 is 4.90 Å². The quantitative estimate of drug-likeness (QED) is 0.150. The van der Waals surface area contributed by atoms with E-state index in [1.54, 1.807) is 0 Å². The Morgan fingerprint density at radius 2 is 0.817 bits per heavy atom. The molecule has 282 valence electrons. The molecule has 2 nitrogen and oxygen atoms in total. The van der Waals surface area contributed by atoms with Gasteiger partial charge in [-0.3, -0.25) is 0 Å². The van der Waals surface area contributed by atoms with Crippen LogP contribution in [-0.2, 0) is 0 Å². The highest BCUT2D eigenvalue weighted by Gasteiger charge is 2.21. The summed E-state index contributed by atoms with van der Waals surface area (Å²) in [5.74, 6) is 0. The van der Waals surface area contributed by atoms with Crippen molar-refractivity contribution in [2.45, 2.75) is 0 Å². The summed E-state index contributed by atoms with van der Waals surface area (Å²) in [6.45, 7) is 0. The van der Waals surface area contributed by atoms with Crippen molar-refractivity contribution in [3.8, 4) is 50.2 Å². The third-order valence-electron chi connectivity index (χ3n) is 11.8. The third-order valence-corrected chi connectivity index (χ3v) is 11.8. The summed E-state index contributed by atoms with van der Waals surface area (Å²) in [4.78, 5) is 2.40. The lowest BCUT2D eigenvalue weighted by molar-refractivity contribution is 1.18. The Bertz CT molecular complexity index is 3290. The van der Waals surface area contributed by atoms with Gasteiger partial charge in [-0.15, -0.1) is 0 Å². The molecule has 0 aliphatic rings. The van der Waals surface area contributed by atoms with Crippen LogP contribution in [0.1, 0.15) is 0 Å². The van der Waals surface area contributed by atoms with E-state index >= 15 is 0 Å². The zero-order valence-electron chi connectivity index (χ0n) is 33.0. The second kappa shape index (κ2) is 15.1. The van der Waals surface area contributed by atoms with Gasteiger partial charge in [0.15, 0.2) is 0 Å². The Hall–Kier alpha value is -7.94. The van der Waals surface area contributed by atoms with Crippen LogP contribution in [-0.4, -0.2) is 4.57 Å². The predicted molar refractivity (Wildman–Crippen MR) is 255 cm³/mol. The number of benzene rings is 10. The molecule has 0 amide bonds. The van der Waals surface area contributed by atoms with Gasteiger partial charge in [0.2, 0.25) is 0 Å². The second-order valence-electron chi connectivity index (χ2n) is 15.3. The van der Waals surface area contributed by atoms with Crippen molar-refractivity contribution in [3.05, 3.63) is 243 Å². The first-order chi connectivity index (χ1) is 29.8. The van der Waals surface area contributed by atoms with Crippen molar-refractivity contribution in [1.82, 2.24) is 4.57 Å². The van der Waals surface area contributed by atoms with Crippen molar-refractivity contribution < 1.29 is 0 Å². The molecule has 11 aromatic rings. The molecule has 0 aliphatic heterocycles. The van der Waals surface area contributed by atoms with E-state index in [-0.39, 0.29) is 0 Å². The fraction of sp³-hybridized carbons (Fsp3) is 0. The molecule has 0 saturated heterocycles. The van der Waals surface area contributed by atoms with Gasteiger partial charge in [-0.05, 0) is 116 Å². The molecule has 10 aromatic carbocycles. The van der Waals surface area contributed by atoms with E-state index in [9.17, 15) is 0 Å². The Labute approximate surface area is 350 Å². The minimum atomic E-state index is 1.09. The van der Waals surface area contributed by atoms with E-state index in [4.69, 9.17) is 0 Å². The van der Waals surface area contributed by atoms with Gasteiger partial charge in [0, 0.05) is 33.5 Å². The van der Waals surface area contributed by atoms with Crippen molar-refractivity contribution in [3.63, 3.8) is 0 Å². The Morgan fingerprint density at radius 1 is 0.300 bits per heavy atom. The fourth-order valence-electron chi connectivity index (χ4n) is 9.04. The summed E-state index contributed by atoms with van der Waals surface area (Å²) in [7, 11) is 0. The van der Waals surface area contributed by atoms with Gasteiger partial charge >= 0.3 is 0 Å². The number of hydrogen-bond acceptors (Lipinski definition) is 1. The minimum absolute atomic E-state index is 1.09. The molecule has 60 heavy (non-hydrogen) atoms. The second-order valence-corrected chi connectivity index (χ2v) is 15.3. The molecule has 1 aromatic heterocycles. The number of para-hydroxylation sites is 2. The average molecular weight is 765 g/mol. The van der Waals surface area contributed by atoms with Crippen LogP contribution in [0.2, 0.25) is 0 Å².